The molecule has 0 rings (SSSR count). The van der Waals surface area contributed by atoms with Gasteiger partial charge in [-0.25, -0.2) is 4.57 Å². The Hall–Kier alpha value is 5.37. The SMILES string of the molecule is O=P(O)(O)O.[CaH2].[CaH2].[CaH2].[SrH2]. The number of hydrogen-bond donors (Lipinski definition) is 3. The second kappa shape index (κ2) is 15.8. The van der Waals surface area contributed by atoms with Crippen LogP contribution in [0.3, 0.4) is 0 Å². The second-order valence-corrected chi connectivity index (χ2v) is 1.54. The van der Waals surface area contributed by atoms with Gasteiger partial charge in [0.1, 0.15) is 0 Å². The molecule has 0 bridgehead atoms. The average molecular weight is 314 g/mol. The Morgan fingerprint density at radius 3 is 0.889 bits per heavy atom. The summed E-state index contributed by atoms with van der Waals surface area (Å²) in [5, 5.41) is 0. The van der Waals surface area contributed by atoms with Gasteiger partial charge in [-0.15, -0.1) is 0 Å². The third kappa shape index (κ3) is 59.9. The molecule has 0 heterocycles. The molecule has 9 heavy (non-hydrogen) atoms. The Bertz CT molecular complexity index is 61.9. The van der Waals surface area contributed by atoms with Gasteiger partial charge >= 0.3 is 167 Å². The van der Waals surface area contributed by atoms with Gasteiger partial charge in [0.05, 0.1) is 0 Å². The Labute approximate surface area is 180 Å². The summed E-state index contributed by atoms with van der Waals surface area (Å²) in [6, 6.07) is 0. The molecule has 0 aliphatic carbocycles. The number of hydrogen-bond acceptors (Lipinski definition) is 1. The van der Waals surface area contributed by atoms with Gasteiger partial charge < -0.3 is 14.7 Å². The zero-order valence-corrected chi connectivity index (χ0v) is 3.09. The first-order valence-corrected chi connectivity index (χ1v) is 2.35. The van der Waals surface area contributed by atoms with E-state index in [9.17, 15) is 0 Å². The van der Waals surface area contributed by atoms with Crippen molar-refractivity contribution < 1.29 is 19.2 Å². The van der Waals surface area contributed by atoms with Crippen LogP contribution in [0.4, 0.5) is 0 Å². The third-order valence-electron chi connectivity index (χ3n) is 0. The molecule has 0 atom stereocenters. The fourth-order valence-corrected chi connectivity index (χ4v) is 0. The Balaban J connectivity index is -0.0000000133. The van der Waals surface area contributed by atoms with E-state index in [1.807, 2.05) is 0 Å². The van der Waals surface area contributed by atoms with Crippen molar-refractivity contribution in [3.05, 3.63) is 0 Å². The summed E-state index contributed by atoms with van der Waals surface area (Å²) in [5.74, 6) is 0. The zero-order chi connectivity index (χ0) is 4.50. The zero-order valence-electron chi connectivity index (χ0n) is 2.20. The topological polar surface area (TPSA) is 77.8 Å². The van der Waals surface area contributed by atoms with Gasteiger partial charge in [-0.1, -0.05) is 0 Å². The predicted octanol–water partition coefficient (Wildman–Crippen LogP) is -4.59. The predicted molar refractivity (Wildman–Crippen MR) is 48.4 cm³/mol. The van der Waals surface area contributed by atoms with Gasteiger partial charge in [-0.3, -0.25) is 0 Å². The number of rotatable bonds is 0. The minimum absolute atomic E-state index is 0. The van der Waals surface area contributed by atoms with Gasteiger partial charge in [0.25, 0.3) is 0 Å². The molecule has 0 fully saturated rings. The van der Waals surface area contributed by atoms with Crippen LogP contribution in [0.15, 0.2) is 0 Å². The van der Waals surface area contributed by atoms with Crippen molar-refractivity contribution in [2.45, 2.75) is 0 Å². The Morgan fingerprint density at radius 1 is 0.889 bits per heavy atom. The first-order valence-electron chi connectivity index (χ1n) is 0.783. The van der Waals surface area contributed by atoms with Gasteiger partial charge in [0.15, 0.2) is 0 Å². The van der Waals surface area contributed by atoms with Crippen LogP contribution in [0.5, 0.6) is 0 Å². The molecule has 0 unspecified atom stereocenters. The summed E-state index contributed by atoms with van der Waals surface area (Å²) in [5.41, 5.74) is 0. The fourth-order valence-electron chi connectivity index (χ4n) is 0. The fraction of sp³-hybridized carbons (Fsp3) is 0. The van der Waals surface area contributed by atoms with Crippen molar-refractivity contribution in [3.63, 3.8) is 0 Å². The molecule has 0 amide bonds. The van der Waals surface area contributed by atoms with Crippen molar-refractivity contribution >= 4 is 167 Å². The molecule has 0 saturated heterocycles. The Morgan fingerprint density at radius 2 is 0.889 bits per heavy atom. The van der Waals surface area contributed by atoms with E-state index in [2.05, 4.69) is 0 Å². The van der Waals surface area contributed by atoms with E-state index in [1.54, 1.807) is 0 Å². The van der Waals surface area contributed by atoms with Crippen LogP contribution in [0.2, 0.25) is 0 Å². The molecule has 0 spiro atoms. The summed E-state index contributed by atoms with van der Waals surface area (Å²) in [6.45, 7) is 0. The monoisotopic (exact) mass is 314 g/mol. The van der Waals surface area contributed by atoms with E-state index in [4.69, 9.17) is 19.2 Å². The van der Waals surface area contributed by atoms with Crippen molar-refractivity contribution in [3.8, 4) is 0 Å². The quantitative estimate of drug-likeness (QED) is 0.311. The molecule has 0 aromatic rings. The first-order chi connectivity index (χ1) is 2.00. The number of phosphoric acid groups is 1. The van der Waals surface area contributed by atoms with Gasteiger partial charge in [-0.2, -0.15) is 0 Å². The summed E-state index contributed by atoms with van der Waals surface area (Å²) < 4.78 is 8.88. The van der Waals surface area contributed by atoms with Crippen LogP contribution in [-0.4, -0.2) is 173 Å². The summed E-state index contributed by atoms with van der Waals surface area (Å²) in [4.78, 5) is 21.6. The summed E-state index contributed by atoms with van der Waals surface area (Å²) in [6.07, 6.45) is 0. The van der Waals surface area contributed by atoms with Crippen LogP contribution in [0, 0.1) is 0 Å². The maximum atomic E-state index is 8.88. The molecule has 48 valence electrons. The molecule has 0 aliphatic heterocycles. The summed E-state index contributed by atoms with van der Waals surface area (Å²) in [7, 11) is -4.64. The molecule has 0 aromatic carbocycles. The van der Waals surface area contributed by atoms with Crippen molar-refractivity contribution in [1.29, 1.82) is 0 Å². The molecule has 3 N–H and O–H groups in total. The Kier molecular flexibility index (Phi) is 51.4. The van der Waals surface area contributed by atoms with Crippen LogP contribution in [0.25, 0.3) is 0 Å². The third-order valence-corrected chi connectivity index (χ3v) is 0. The standard InChI is InChI=1S/3Ca.H3O4P.Sr.8H/c;;;1-5(2,3)4;;;;;;;;;/h;;;(H3,1,2,3,4);;;;;;;;;. The van der Waals surface area contributed by atoms with E-state index in [-0.39, 0.29) is 159 Å². The first kappa shape index (κ1) is 29.3. The molecule has 0 saturated carbocycles. The molecule has 0 radical (unpaired) electrons. The summed E-state index contributed by atoms with van der Waals surface area (Å²) >= 11 is 0. The minimum atomic E-state index is -4.64. The van der Waals surface area contributed by atoms with Gasteiger partial charge in [-0.05, 0) is 0 Å². The molecular weight excluding hydrogens is 303 g/mol. The van der Waals surface area contributed by atoms with E-state index < -0.39 is 7.82 Å². The second-order valence-electron chi connectivity index (χ2n) is 0.513. The van der Waals surface area contributed by atoms with E-state index in [0.29, 0.717) is 0 Å². The van der Waals surface area contributed by atoms with Crippen molar-refractivity contribution in [1.82, 2.24) is 0 Å². The molecule has 0 aromatic heterocycles. The van der Waals surface area contributed by atoms with E-state index in [0.717, 1.165) is 0 Å². The van der Waals surface area contributed by atoms with Crippen LogP contribution in [-0.2, 0) is 4.57 Å². The van der Waals surface area contributed by atoms with Crippen molar-refractivity contribution in [2.24, 2.45) is 0 Å². The van der Waals surface area contributed by atoms with Crippen LogP contribution >= 0.6 is 7.82 Å². The normalized spacial score (nSPS) is 6.56. The molecule has 9 heteroatoms. The van der Waals surface area contributed by atoms with Crippen molar-refractivity contribution in [2.75, 3.05) is 0 Å². The maximum absolute atomic E-state index is 8.88. The molecule has 0 aliphatic rings. The molecule has 4 nitrogen and oxygen atoms in total. The van der Waals surface area contributed by atoms with Crippen LogP contribution in [0.1, 0.15) is 0 Å². The van der Waals surface area contributed by atoms with E-state index in [1.165, 1.54) is 0 Å². The van der Waals surface area contributed by atoms with Gasteiger partial charge in [0, 0.05) is 0 Å². The average Bonchev–Trinajstić information content (AvgIpc) is 0.722. The van der Waals surface area contributed by atoms with E-state index >= 15 is 0 Å². The van der Waals surface area contributed by atoms with Gasteiger partial charge in [0.2, 0.25) is 0 Å². The molecular formula is H11Ca3O4PSr. The van der Waals surface area contributed by atoms with Crippen LogP contribution < -0.4 is 0 Å².